The molecule has 6 nitrogen and oxygen atoms in total. The topological polar surface area (TPSA) is 104 Å². The molecule has 0 aliphatic rings. The molecule has 0 aliphatic heterocycles. The molecule has 0 rings (SSSR count). The van der Waals surface area contributed by atoms with E-state index in [-0.39, 0.29) is 0 Å². The lowest BCUT2D eigenvalue weighted by atomic mass is 10.0. The predicted molar refractivity (Wildman–Crippen MR) is 117 cm³/mol. The van der Waals surface area contributed by atoms with Gasteiger partial charge < -0.3 is 5.11 Å². The average Bonchev–Trinajstić information content (AvgIpc) is 2.63. The zero-order valence-corrected chi connectivity index (χ0v) is 19.7. The van der Waals surface area contributed by atoms with Crippen LogP contribution >= 0.6 is 16.5 Å². The van der Waals surface area contributed by atoms with Crippen molar-refractivity contribution in [2.75, 3.05) is 6.61 Å². The van der Waals surface area contributed by atoms with Crippen molar-refractivity contribution in [3.63, 3.8) is 0 Å². The summed E-state index contributed by atoms with van der Waals surface area (Å²) in [5, 5.41) is 8.69. The maximum Gasteiger partial charge on any atom is 0.745 e. The summed E-state index contributed by atoms with van der Waals surface area (Å²) in [6.45, 7) is 2.66. The van der Waals surface area contributed by atoms with E-state index in [1.54, 1.807) is 0 Å². The minimum absolute atomic E-state index is 0.374. The molecular weight excluding hydrogens is 398 g/mol. The molecule has 0 aliphatic carbocycles. The van der Waals surface area contributed by atoms with Gasteiger partial charge in [0.25, 0.3) is 0 Å². The third kappa shape index (κ3) is 33.6. The van der Waals surface area contributed by atoms with E-state index >= 15 is 0 Å². The lowest BCUT2D eigenvalue weighted by molar-refractivity contribution is 0.282. The zero-order chi connectivity index (χ0) is 21.3. The van der Waals surface area contributed by atoms with Crippen molar-refractivity contribution in [2.24, 2.45) is 0 Å². The second kappa shape index (κ2) is 27.0. The van der Waals surface area contributed by atoms with Crippen molar-refractivity contribution < 1.29 is 28.3 Å². The predicted octanol–water partition coefficient (Wildman–Crippen LogP) is 7.32. The first-order valence-electron chi connectivity index (χ1n) is 11.2. The molecule has 0 aromatic rings. The first-order chi connectivity index (χ1) is 13.5. The highest BCUT2D eigenvalue weighted by Crippen LogP contribution is 2.30. The molecule has 8 heteroatoms. The lowest BCUT2D eigenvalue weighted by Gasteiger charge is -2.03. The van der Waals surface area contributed by atoms with Crippen LogP contribution in [0.4, 0.5) is 0 Å². The van der Waals surface area contributed by atoms with Gasteiger partial charge in [0.05, 0.1) is 0 Å². The van der Waals surface area contributed by atoms with Gasteiger partial charge in [0.1, 0.15) is 0 Å². The van der Waals surface area contributed by atoms with E-state index in [4.69, 9.17) is 14.9 Å². The molecule has 0 spiro atoms. The molecule has 0 bridgehead atoms. The maximum absolute atomic E-state index is 9.39. The van der Waals surface area contributed by atoms with Crippen LogP contribution in [0.1, 0.15) is 122 Å². The molecule has 0 fully saturated rings. The van der Waals surface area contributed by atoms with Gasteiger partial charge in [-0.3, -0.25) is 0 Å². The van der Waals surface area contributed by atoms with E-state index in [9.17, 15) is 9.13 Å². The molecule has 28 heavy (non-hydrogen) atoms. The Kier molecular flexibility index (Phi) is 29.2. The van der Waals surface area contributed by atoms with Crippen LogP contribution in [0.5, 0.6) is 0 Å². The van der Waals surface area contributed by atoms with Gasteiger partial charge in [-0.15, -0.1) is 9.79 Å². The SMILES string of the molecule is CCCCCCCCCCCCCCCCCCCCO.O=[P+](O)O[P+](=O)O. The van der Waals surface area contributed by atoms with E-state index in [0.717, 1.165) is 6.42 Å². The number of aliphatic hydroxyl groups is 1. The normalized spacial score (nSPS) is 11.7. The number of hydrogen-bond donors (Lipinski definition) is 3. The Balaban J connectivity index is 0. The van der Waals surface area contributed by atoms with Crippen LogP contribution in [0.15, 0.2) is 0 Å². The summed E-state index contributed by atoms with van der Waals surface area (Å²) in [6.07, 6.45) is 25.1. The molecular formula is C20H44O6P2+2. The number of aliphatic hydroxyl groups excluding tert-OH is 1. The molecule has 0 aromatic carbocycles. The van der Waals surface area contributed by atoms with Gasteiger partial charge in [0.15, 0.2) is 4.31 Å². The van der Waals surface area contributed by atoms with Gasteiger partial charge in [-0.05, 0) is 6.42 Å². The molecule has 0 saturated carbocycles. The summed E-state index contributed by atoms with van der Waals surface area (Å²) in [5.41, 5.74) is 0. The Morgan fingerprint density at radius 2 is 0.786 bits per heavy atom. The molecule has 168 valence electrons. The lowest BCUT2D eigenvalue weighted by Crippen LogP contribution is -1.85. The third-order valence-corrected chi connectivity index (χ3v) is 5.77. The van der Waals surface area contributed by atoms with Crippen molar-refractivity contribution in [2.45, 2.75) is 122 Å². The summed E-state index contributed by atoms with van der Waals surface area (Å²) >= 11 is 0. The summed E-state index contributed by atoms with van der Waals surface area (Å²) in [7, 11) is -5.85. The van der Waals surface area contributed by atoms with E-state index in [1.165, 1.54) is 109 Å². The van der Waals surface area contributed by atoms with Gasteiger partial charge >= 0.3 is 16.5 Å². The van der Waals surface area contributed by atoms with Crippen LogP contribution in [0.2, 0.25) is 0 Å². The highest BCUT2D eigenvalue weighted by atomic mass is 31.2. The van der Waals surface area contributed by atoms with Crippen LogP contribution < -0.4 is 0 Å². The minimum Gasteiger partial charge on any atom is -0.396 e. The Morgan fingerprint density at radius 1 is 0.536 bits per heavy atom. The average molecular weight is 443 g/mol. The highest BCUT2D eigenvalue weighted by molar-refractivity contribution is 7.46. The Bertz CT molecular complexity index is 313. The van der Waals surface area contributed by atoms with Crippen molar-refractivity contribution in [1.29, 1.82) is 0 Å². The van der Waals surface area contributed by atoms with Crippen LogP contribution in [-0.2, 0) is 13.4 Å². The fraction of sp³-hybridized carbons (Fsp3) is 1.00. The van der Waals surface area contributed by atoms with E-state index in [1.807, 2.05) is 0 Å². The van der Waals surface area contributed by atoms with Crippen molar-refractivity contribution >= 4 is 16.5 Å². The smallest absolute Gasteiger partial charge is 0.396 e. The minimum atomic E-state index is -2.92. The van der Waals surface area contributed by atoms with Crippen LogP contribution in [0.25, 0.3) is 0 Å². The van der Waals surface area contributed by atoms with Crippen LogP contribution in [0, 0.1) is 0 Å². The number of rotatable bonds is 20. The summed E-state index contributed by atoms with van der Waals surface area (Å²) in [5.74, 6) is 0. The zero-order valence-electron chi connectivity index (χ0n) is 17.9. The van der Waals surface area contributed by atoms with Crippen molar-refractivity contribution in [3.8, 4) is 0 Å². The van der Waals surface area contributed by atoms with E-state index in [0.29, 0.717) is 6.61 Å². The van der Waals surface area contributed by atoms with Crippen LogP contribution in [-0.4, -0.2) is 21.5 Å². The maximum atomic E-state index is 9.39. The van der Waals surface area contributed by atoms with Crippen LogP contribution in [0.3, 0.4) is 0 Å². The molecule has 2 atom stereocenters. The monoisotopic (exact) mass is 442 g/mol. The van der Waals surface area contributed by atoms with Gasteiger partial charge in [-0.2, -0.15) is 0 Å². The quantitative estimate of drug-likeness (QED) is 0.135. The standard InChI is InChI=1S/C20H42O.O5P2/c1-2-3-4-5-6-7-8-9-10-11-12-13-14-15-16-17-18-19-20-21;1-6(2)5-7(3)4/h21H,2-20H2,1H3;/p+2. The third-order valence-electron chi connectivity index (χ3n) is 4.65. The van der Waals surface area contributed by atoms with Gasteiger partial charge in [-0.1, -0.05) is 116 Å². The first-order valence-corrected chi connectivity index (χ1v) is 13.4. The molecule has 0 aromatic heterocycles. The Labute approximate surface area is 174 Å². The first kappa shape index (κ1) is 30.2. The highest BCUT2D eigenvalue weighted by Gasteiger charge is 2.31. The second-order valence-corrected chi connectivity index (χ2v) is 8.90. The van der Waals surface area contributed by atoms with Crippen molar-refractivity contribution in [1.82, 2.24) is 0 Å². The van der Waals surface area contributed by atoms with Crippen molar-refractivity contribution in [3.05, 3.63) is 0 Å². The second-order valence-electron chi connectivity index (χ2n) is 7.29. The summed E-state index contributed by atoms with van der Waals surface area (Å²) in [6, 6.07) is 0. The summed E-state index contributed by atoms with van der Waals surface area (Å²) < 4.78 is 22.2. The summed E-state index contributed by atoms with van der Waals surface area (Å²) in [4.78, 5) is 15.3. The van der Waals surface area contributed by atoms with Gasteiger partial charge in [0.2, 0.25) is 0 Å². The molecule has 2 unspecified atom stereocenters. The fourth-order valence-electron chi connectivity index (χ4n) is 3.07. The number of hydrogen-bond acceptors (Lipinski definition) is 4. The molecule has 0 amide bonds. The van der Waals surface area contributed by atoms with Gasteiger partial charge in [0, 0.05) is 15.7 Å². The number of unbranched alkanes of at least 4 members (excludes halogenated alkanes) is 17. The van der Waals surface area contributed by atoms with Gasteiger partial charge in [-0.25, -0.2) is 0 Å². The van der Waals surface area contributed by atoms with E-state index < -0.39 is 16.5 Å². The molecule has 0 radical (unpaired) electrons. The largest absolute Gasteiger partial charge is 0.745 e. The fourth-order valence-corrected chi connectivity index (χ4v) is 3.55. The molecule has 3 N–H and O–H groups in total. The Hall–Kier alpha value is 0.0400. The Morgan fingerprint density at radius 3 is 0.964 bits per heavy atom. The molecule has 0 heterocycles. The van der Waals surface area contributed by atoms with E-state index in [2.05, 4.69) is 11.2 Å². The molecule has 0 saturated heterocycles.